The Bertz CT molecular complexity index is 1750. The van der Waals surface area contributed by atoms with E-state index in [-0.39, 0.29) is 18.1 Å². The van der Waals surface area contributed by atoms with Crippen LogP contribution in [0.4, 0.5) is 4.39 Å². The van der Waals surface area contributed by atoms with Crippen LogP contribution in [0.3, 0.4) is 0 Å². The van der Waals surface area contributed by atoms with Gasteiger partial charge in [0.15, 0.2) is 0 Å². The van der Waals surface area contributed by atoms with E-state index in [1.165, 1.54) is 6.07 Å². The lowest BCUT2D eigenvalue weighted by molar-refractivity contribution is 0.0697. The van der Waals surface area contributed by atoms with Crippen LogP contribution in [0.25, 0.3) is 11.0 Å². The molecule has 1 aliphatic heterocycles. The van der Waals surface area contributed by atoms with Crippen LogP contribution in [0, 0.1) is 5.82 Å². The minimum absolute atomic E-state index is 0.0709. The van der Waals surface area contributed by atoms with E-state index in [4.69, 9.17) is 26.3 Å². The van der Waals surface area contributed by atoms with Crippen LogP contribution in [-0.4, -0.2) is 58.6 Å². The van der Waals surface area contributed by atoms with Crippen LogP contribution in [0.1, 0.15) is 51.9 Å². The summed E-state index contributed by atoms with van der Waals surface area (Å²) >= 11 is 5.85. The highest BCUT2D eigenvalue weighted by Gasteiger charge is 2.24. The Morgan fingerprint density at radius 2 is 1.93 bits per heavy atom. The van der Waals surface area contributed by atoms with Gasteiger partial charge in [-0.15, -0.1) is 5.10 Å². The third-order valence-corrected chi connectivity index (χ3v) is 7.79. The number of piperidine rings is 1. The number of nitrogens with zero attached hydrogens (tertiary/aromatic N) is 7. The molecule has 0 unspecified atom stereocenters. The summed E-state index contributed by atoms with van der Waals surface area (Å²) in [6, 6.07) is 15.2. The number of aromatic nitrogens is 6. The zero-order chi connectivity index (χ0) is 29.2. The number of likely N-dealkylation sites (tertiary alicyclic amines) is 1. The molecule has 0 atom stereocenters. The van der Waals surface area contributed by atoms with Gasteiger partial charge >= 0.3 is 5.97 Å². The number of aromatic carboxylic acids is 1. The first kappa shape index (κ1) is 27.8. The van der Waals surface area contributed by atoms with E-state index in [0.717, 1.165) is 54.2 Å². The van der Waals surface area contributed by atoms with E-state index < -0.39 is 11.8 Å². The third-order valence-electron chi connectivity index (χ3n) is 7.55. The van der Waals surface area contributed by atoms with Gasteiger partial charge in [-0.1, -0.05) is 28.9 Å². The minimum atomic E-state index is -0.979. The van der Waals surface area contributed by atoms with Crippen molar-refractivity contribution in [3.05, 3.63) is 100.0 Å². The molecular formula is C30H29ClFN7O3. The number of carbonyl (C=O) groups is 1. The second-order valence-corrected chi connectivity index (χ2v) is 10.9. The molecule has 12 heteroatoms. The summed E-state index contributed by atoms with van der Waals surface area (Å²) in [5, 5.41) is 18.1. The molecule has 6 rings (SSSR count). The lowest BCUT2D eigenvalue weighted by Gasteiger charge is -2.31. The Morgan fingerprint density at radius 1 is 1.10 bits per heavy atom. The molecule has 5 aromatic rings. The lowest BCUT2D eigenvalue weighted by Crippen LogP contribution is -2.33. The van der Waals surface area contributed by atoms with E-state index >= 15 is 0 Å². The number of hydrogen-bond donors (Lipinski definition) is 1. The monoisotopic (exact) mass is 589 g/mol. The van der Waals surface area contributed by atoms with Gasteiger partial charge in [-0.05, 0) is 62.3 Å². The van der Waals surface area contributed by atoms with Crippen molar-refractivity contribution < 1.29 is 19.0 Å². The van der Waals surface area contributed by atoms with Crippen molar-refractivity contribution >= 4 is 28.6 Å². The van der Waals surface area contributed by atoms with E-state index in [1.54, 1.807) is 41.1 Å². The van der Waals surface area contributed by atoms with Gasteiger partial charge in [-0.25, -0.2) is 19.2 Å². The summed E-state index contributed by atoms with van der Waals surface area (Å²) < 4.78 is 23.6. The highest BCUT2D eigenvalue weighted by Crippen LogP contribution is 2.29. The van der Waals surface area contributed by atoms with E-state index in [1.807, 2.05) is 29.9 Å². The van der Waals surface area contributed by atoms with E-state index in [0.29, 0.717) is 29.6 Å². The predicted octanol–water partition coefficient (Wildman–Crippen LogP) is 5.06. The molecule has 0 spiro atoms. The number of rotatable bonds is 9. The van der Waals surface area contributed by atoms with E-state index in [9.17, 15) is 14.3 Å². The fourth-order valence-electron chi connectivity index (χ4n) is 5.35. The number of halogens is 2. The van der Waals surface area contributed by atoms with Crippen molar-refractivity contribution in [2.45, 2.75) is 38.5 Å². The molecule has 0 aliphatic carbocycles. The third kappa shape index (κ3) is 6.12. The minimum Gasteiger partial charge on any atom is -0.478 e. The molecule has 0 bridgehead atoms. The fraction of sp³-hybridized carbons (Fsp3) is 0.300. The Hall–Kier alpha value is -4.35. The zero-order valence-electron chi connectivity index (χ0n) is 23.0. The Balaban J connectivity index is 1.13. The first-order valence-corrected chi connectivity index (χ1v) is 14.0. The molecule has 0 saturated carbocycles. The second kappa shape index (κ2) is 11.9. The van der Waals surface area contributed by atoms with Gasteiger partial charge in [0.1, 0.15) is 23.9 Å². The largest absolute Gasteiger partial charge is 0.478 e. The van der Waals surface area contributed by atoms with Crippen LogP contribution in [0.2, 0.25) is 5.02 Å². The van der Waals surface area contributed by atoms with Crippen molar-refractivity contribution in [3.63, 3.8) is 0 Å². The van der Waals surface area contributed by atoms with Crippen molar-refractivity contribution in [2.75, 3.05) is 13.1 Å². The quantitative estimate of drug-likeness (QED) is 0.254. The number of ether oxygens (including phenoxy) is 1. The Morgan fingerprint density at radius 3 is 2.67 bits per heavy atom. The normalized spacial score (nSPS) is 14.5. The average molecular weight is 590 g/mol. The molecular weight excluding hydrogens is 561 g/mol. The summed E-state index contributed by atoms with van der Waals surface area (Å²) in [6.07, 6.45) is 3.67. The maximum Gasteiger partial charge on any atom is 0.335 e. The Labute approximate surface area is 246 Å². The van der Waals surface area contributed by atoms with Crippen molar-refractivity contribution in [2.24, 2.45) is 7.05 Å². The van der Waals surface area contributed by atoms with Crippen LogP contribution in [0.15, 0.2) is 60.8 Å². The summed E-state index contributed by atoms with van der Waals surface area (Å²) in [6.45, 7) is 2.83. The topological polar surface area (TPSA) is 111 Å². The summed E-state index contributed by atoms with van der Waals surface area (Å²) in [5.41, 5.74) is 3.86. The molecule has 0 radical (unpaired) electrons. The number of hydrogen-bond acceptors (Lipinski definition) is 7. The number of carboxylic acid groups (broad SMARTS) is 1. The number of carboxylic acids is 1. The fourth-order valence-corrected chi connectivity index (χ4v) is 5.51. The van der Waals surface area contributed by atoms with Gasteiger partial charge in [0.25, 0.3) is 0 Å². The number of pyridine rings is 1. The van der Waals surface area contributed by atoms with Gasteiger partial charge in [-0.3, -0.25) is 9.58 Å². The molecule has 3 aromatic heterocycles. The predicted molar refractivity (Wildman–Crippen MR) is 154 cm³/mol. The highest BCUT2D eigenvalue weighted by atomic mass is 35.5. The Kier molecular flexibility index (Phi) is 7.86. The first-order chi connectivity index (χ1) is 20.3. The van der Waals surface area contributed by atoms with Crippen LogP contribution in [0.5, 0.6) is 5.88 Å². The first-order valence-electron chi connectivity index (χ1n) is 13.7. The maximum absolute atomic E-state index is 14.1. The number of benzene rings is 2. The summed E-state index contributed by atoms with van der Waals surface area (Å²) in [7, 11) is 1.81. The summed E-state index contributed by atoms with van der Waals surface area (Å²) in [4.78, 5) is 23.6. The van der Waals surface area contributed by atoms with Crippen molar-refractivity contribution in [1.82, 2.24) is 34.4 Å². The smallest absolute Gasteiger partial charge is 0.335 e. The SMILES string of the molecule is Cn1cc(Cn2c(CN3CCC(c4cccc(OCc5ccc(Cl)cc5F)n4)CC3)nc3ccc(C(=O)O)cc32)nn1. The molecule has 1 aliphatic rings. The standard InChI is InChI=1S/C30H29ClFN7O3/c1-37-15-23(35-36-37)16-39-27-13-20(30(40)41)6-8-26(27)33-28(39)17-38-11-9-19(10-12-38)25-3-2-4-29(34-25)42-18-21-5-7-22(31)14-24(21)32/h2-8,13-15,19H,9-12,16-18H2,1H3,(H,40,41). The summed E-state index contributed by atoms with van der Waals surface area (Å²) in [5.74, 6) is 0.197. The van der Waals surface area contributed by atoms with Gasteiger partial charge in [0, 0.05) is 41.5 Å². The van der Waals surface area contributed by atoms with Crippen LogP contribution in [-0.2, 0) is 26.7 Å². The highest BCUT2D eigenvalue weighted by molar-refractivity contribution is 6.30. The lowest BCUT2D eigenvalue weighted by atomic mass is 9.93. The second-order valence-electron chi connectivity index (χ2n) is 10.5. The number of aryl methyl sites for hydroxylation is 1. The molecule has 4 heterocycles. The molecule has 2 aromatic carbocycles. The van der Waals surface area contributed by atoms with Gasteiger partial charge < -0.3 is 14.4 Å². The van der Waals surface area contributed by atoms with E-state index in [2.05, 4.69) is 15.2 Å². The molecule has 42 heavy (non-hydrogen) atoms. The van der Waals surface area contributed by atoms with Crippen molar-refractivity contribution in [1.29, 1.82) is 0 Å². The molecule has 1 N–H and O–H groups in total. The molecule has 1 fully saturated rings. The maximum atomic E-state index is 14.1. The molecule has 1 saturated heterocycles. The number of fused-ring (bicyclic) bond motifs is 1. The number of imidazole rings is 1. The van der Waals surface area contributed by atoms with Gasteiger partial charge in [0.05, 0.1) is 29.7 Å². The van der Waals surface area contributed by atoms with Crippen LogP contribution < -0.4 is 4.74 Å². The molecule has 10 nitrogen and oxygen atoms in total. The zero-order valence-corrected chi connectivity index (χ0v) is 23.7. The van der Waals surface area contributed by atoms with Gasteiger partial charge in [0.2, 0.25) is 5.88 Å². The van der Waals surface area contributed by atoms with Gasteiger partial charge in [-0.2, -0.15) is 0 Å². The molecule has 0 amide bonds. The van der Waals surface area contributed by atoms with Crippen molar-refractivity contribution in [3.8, 4) is 5.88 Å². The average Bonchev–Trinajstić information content (AvgIpc) is 3.55. The van der Waals surface area contributed by atoms with Crippen LogP contribution >= 0.6 is 11.6 Å². The molecule has 216 valence electrons.